The number of piperidine rings is 1. The van der Waals surface area contributed by atoms with Crippen LogP contribution < -0.4 is 5.32 Å². The molecular weight excluding hydrogens is 242 g/mol. The van der Waals surface area contributed by atoms with Gasteiger partial charge < -0.3 is 19.9 Å². The normalized spacial score (nSPS) is 29.6. The highest BCUT2D eigenvalue weighted by atomic mass is 16.5. The van der Waals surface area contributed by atoms with E-state index in [1.54, 1.807) is 0 Å². The number of hydrogen-bond acceptors (Lipinski definition) is 4. The first-order valence-electron chi connectivity index (χ1n) is 7.41. The number of rotatable bonds is 4. The lowest BCUT2D eigenvalue weighted by Crippen LogP contribution is -2.50. The Labute approximate surface area is 116 Å². The van der Waals surface area contributed by atoms with Crippen molar-refractivity contribution in [1.29, 1.82) is 0 Å². The van der Waals surface area contributed by atoms with Gasteiger partial charge in [0, 0.05) is 32.2 Å². The van der Waals surface area contributed by atoms with Crippen molar-refractivity contribution in [2.75, 3.05) is 46.9 Å². The topological polar surface area (TPSA) is 44.8 Å². The van der Waals surface area contributed by atoms with Crippen LogP contribution in [-0.4, -0.2) is 74.7 Å². The van der Waals surface area contributed by atoms with Gasteiger partial charge in [-0.05, 0) is 26.4 Å². The van der Waals surface area contributed by atoms with E-state index in [0.717, 1.165) is 32.5 Å². The van der Waals surface area contributed by atoms with Crippen molar-refractivity contribution in [2.24, 2.45) is 5.92 Å². The van der Waals surface area contributed by atoms with E-state index in [9.17, 15) is 4.79 Å². The van der Waals surface area contributed by atoms with Crippen LogP contribution in [0.15, 0.2) is 0 Å². The number of nitrogens with zero attached hydrogens (tertiary/aromatic N) is 2. The van der Waals surface area contributed by atoms with Crippen LogP contribution in [0.25, 0.3) is 0 Å². The maximum Gasteiger partial charge on any atom is 0.229 e. The van der Waals surface area contributed by atoms with E-state index >= 15 is 0 Å². The van der Waals surface area contributed by atoms with Gasteiger partial charge >= 0.3 is 0 Å². The van der Waals surface area contributed by atoms with Crippen molar-refractivity contribution in [2.45, 2.75) is 31.8 Å². The van der Waals surface area contributed by atoms with Crippen LogP contribution in [0.5, 0.6) is 0 Å². The third kappa shape index (κ3) is 3.27. The Morgan fingerprint density at radius 1 is 1.37 bits per heavy atom. The number of ether oxygens (including phenoxy) is 1. The summed E-state index contributed by atoms with van der Waals surface area (Å²) in [5.74, 6) is 0.228. The monoisotopic (exact) mass is 269 g/mol. The van der Waals surface area contributed by atoms with Gasteiger partial charge in [-0.3, -0.25) is 4.79 Å². The molecule has 110 valence electrons. The zero-order chi connectivity index (χ0) is 13.8. The van der Waals surface area contributed by atoms with E-state index in [-0.39, 0.29) is 17.9 Å². The van der Waals surface area contributed by atoms with Gasteiger partial charge in [0.1, 0.15) is 0 Å². The Balaban J connectivity index is 1.89. The Kier molecular flexibility index (Phi) is 5.19. The number of carbonyl (C=O) groups excluding carboxylic acids is 1. The lowest BCUT2D eigenvalue weighted by atomic mass is 9.98. The van der Waals surface area contributed by atoms with Crippen LogP contribution in [0.4, 0.5) is 0 Å². The Bertz CT molecular complexity index is 303. The van der Waals surface area contributed by atoms with Crippen molar-refractivity contribution in [1.82, 2.24) is 15.1 Å². The van der Waals surface area contributed by atoms with Crippen LogP contribution in [-0.2, 0) is 9.53 Å². The van der Waals surface area contributed by atoms with E-state index < -0.39 is 0 Å². The second kappa shape index (κ2) is 6.68. The van der Waals surface area contributed by atoms with Crippen LogP contribution in [0, 0.1) is 5.92 Å². The number of amides is 1. The zero-order valence-electron chi connectivity index (χ0n) is 12.4. The molecule has 5 nitrogen and oxygen atoms in total. The van der Waals surface area contributed by atoms with Crippen LogP contribution in [0.3, 0.4) is 0 Å². The second-order valence-corrected chi connectivity index (χ2v) is 5.65. The molecule has 0 aromatic heterocycles. The van der Waals surface area contributed by atoms with Gasteiger partial charge in [-0.1, -0.05) is 6.92 Å². The van der Waals surface area contributed by atoms with Gasteiger partial charge in [-0.25, -0.2) is 0 Å². The minimum absolute atomic E-state index is 0.0146. The summed E-state index contributed by atoms with van der Waals surface area (Å²) >= 11 is 0. The van der Waals surface area contributed by atoms with E-state index in [1.807, 2.05) is 19.0 Å². The van der Waals surface area contributed by atoms with Gasteiger partial charge in [0.25, 0.3) is 0 Å². The molecule has 0 aromatic rings. The first-order chi connectivity index (χ1) is 9.17. The smallest absolute Gasteiger partial charge is 0.229 e. The SMILES string of the molecule is CCN1CCC(N(C)C(=O)C2COCC2NC)CC1. The third-order valence-corrected chi connectivity index (χ3v) is 4.67. The highest BCUT2D eigenvalue weighted by Gasteiger charge is 2.37. The number of likely N-dealkylation sites (N-methyl/N-ethyl adjacent to an activating group) is 1. The summed E-state index contributed by atoms with van der Waals surface area (Å²) in [5, 5.41) is 3.19. The summed E-state index contributed by atoms with van der Waals surface area (Å²) < 4.78 is 5.44. The Hall–Kier alpha value is -0.650. The fourth-order valence-electron chi connectivity index (χ4n) is 3.15. The first-order valence-corrected chi connectivity index (χ1v) is 7.41. The maximum atomic E-state index is 12.6. The minimum Gasteiger partial charge on any atom is -0.379 e. The number of nitrogens with one attached hydrogen (secondary N) is 1. The molecule has 0 spiro atoms. The van der Waals surface area contributed by atoms with E-state index in [0.29, 0.717) is 19.3 Å². The molecule has 2 unspecified atom stereocenters. The first kappa shape index (κ1) is 14.8. The molecule has 2 aliphatic heterocycles. The average Bonchev–Trinajstić information content (AvgIpc) is 2.94. The average molecular weight is 269 g/mol. The maximum absolute atomic E-state index is 12.6. The fraction of sp³-hybridized carbons (Fsp3) is 0.929. The van der Waals surface area contributed by atoms with Crippen molar-refractivity contribution < 1.29 is 9.53 Å². The molecule has 2 rings (SSSR count). The van der Waals surface area contributed by atoms with Crippen LogP contribution in [0.1, 0.15) is 19.8 Å². The molecule has 2 fully saturated rings. The van der Waals surface area contributed by atoms with Crippen molar-refractivity contribution in [3.63, 3.8) is 0 Å². The number of likely N-dealkylation sites (tertiary alicyclic amines) is 1. The lowest BCUT2D eigenvalue weighted by Gasteiger charge is -2.37. The van der Waals surface area contributed by atoms with E-state index in [2.05, 4.69) is 17.1 Å². The predicted molar refractivity (Wildman–Crippen MR) is 75.1 cm³/mol. The quantitative estimate of drug-likeness (QED) is 0.790. The Morgan fingerprint density at radius 3 is 2.63 bits per heavy atom. The molecule has 1 amide bonds. The molecule has 2 heterocycles. The molecule has 19 heavy (non-hydrogen) atoms. The minimum atomic E-state index is -0.0146. The van der Waals surface area contributed by atoms with E-state index in [1.165, 1.54) is 0 Å². The predicted octanol–water partition coefficient (Wildman–Crippen LogP) is 0.164. The summed E-state index contributed by atoms with van der Waals surface area (Å²) in [6.45, 7) is 6.73. The van der Waals surface area contributed by atoms with Crippen molar-refractivity contribution in [3.05, 3.63) is 0 Å². The molecule has 1 N–H and O–H groups in total. The lowest BCUT2D eigenvalue weighted by molar-refractivity contribution is -0.137. The number of carbonyl (C=O) groups is 1. The zero-order valence-corrected chi connectivity index (χ0v) is 12.4. The summed E-state index contributed by atoms with van der Waals surface area (Å²) in [7, 11) is 3.86. The highest BCUT2D eigenvalue weighted by molar-refractivity contribution is 5.80. The molecule has 0 radical (unpaired) electrons. The van der Waals surface area contributed by atoms with E-state index in [4.69, 9.17) is 4.74 Å². The van der Waals surface area contributed by atoms with Gasteiger partial charge in [-0.15, -0.1) is 0 Å². The van der Waals surface area contributed by atoms with Crippen molar-refractivity contribution in [3.8, 4) is 0 Å². The van der Waals surface area contributed by atoms with Gasteiger partial charge in [0.05, 0.1) is 19.1 Å². The van der Waals surface area contributed by atoms with Gasteiger partial charge in [0.15, 0.2) is 0 Å². The third-order valence-electron chi connectivity index (χ3n) is 4.67. The molecule has 2 atom stereocenters. The molecule has 0 aromatic carbocycles. The fourth-order valence-corrected chi connectivity index (χ4v) is 3.15. The molecular formula is C14H27N3O2. The summed E-state index contributed by atoms with van der Waals surface area (Å²) in [6, 6.07) is 0.569. The molecule has 5 heteroatoms. The molecule has 2 aliphatic rings. The van der Waals surface area contributed by atoms with Crippen LogP contribution in [0.2, 0.25) is 0 Å². The molecule has 2 saturated heterocycles. The standard InChI is InChI=1S/C14H27N3O2/c1-4-17-7-5-11(6-8-17)16(3)14(18)12-9-19-10-13(12)15-2/h11-13,15H,4-10H2,1-3H3. The highest BCUT2D eigenvalue weighted by Crippen LogP contribution is 2.21. The number of hydrogen-bond donors (Lipinski definition) is 1. The Morgan fingerprint density at radius 2 is 2.05 bits per heavy atom. The summed E-state index contributed by atoms with van der Waals surface area (Å²) in [5.41, 5.74) is 0. The van der Waals surface area contributed by atoms with Crippen LogP contribution >= 0.6 is 0 Å². The summed E-state index contributed by atoms with van der Waals surface area (Å²) in [4.78, 5) is 17.0. The van der Waals surface area contributed by atoms with Gasteiger partial charge in [0.2, 0.25) is 5.91 Å². The molecule has 0 bridgehead atoms. The second-order valence-electron chi connectivity index (χ2n) is 5.65. The summed E-state index contributed by atoms with van der Waals surface area (Å²) in [6.07, 6.45) is 2.18. The largest absolute Gasteiger partial charge is 0.379 e. The molecule has 0 saturated carbocycles. The van der Waals surface area contributed by atoms with Gasteiger partial charge in [-0.2, -0.15) is 0 Å². The molecule has 0 aliphatic carbocycles. The van der Waals surface area contributed by atoms with Crippen molar-refractivity contribution >= 4 is 5.91 Å².